The average Bonchev–Trinajstić information content (AvgIpc) is 2.81. The van der Waals surface area contributed by atoms with Crippen LogP contribution in [0.25, 0.3) is 0 Å². The summed E-state index contributed by atoms with van der Waals surface area (Å²) < 4.78 is 5.89. The zero-order valence-electron chi connectivity index (χ0n) is 8.35. The molecule has 1 heterocycles. The lowest BCUT2D eigenvalue weighted by Gasteiger charge is -2.02. The van der Waals surface area contributed by atoms with Gasteiger partial charge in [-0.1, -0.05) is 12.1 Å². The molecule has 0 aliphatic carbocycles. The molecule has 0 saturated carbocycles. The van der Waals surface area contributed by atoms with Gasteiger partial charge in [-0.2, -0.15) is 0 Å². The van der Waals surface area contributed by atoms with E-state index in [9.17, 15) is 4.79 Å². The first-order valence-electron chi connectivity index (χ1n) is 4.70. The summed E-state index contributed by atoms with van der Waals surface area (Å²) in [7, 11) is 0. The number of carbonyl (C=O) groups is 1. The van der Waals surface area contributed by atoms with Gasteiger partial charge < -0.3 is 4.42 Å². The maximum absolute atomic E-state index is 11.7. The third-order valence-corrected chi connectivity index (χ3v) is 4.07. The van der Waals surface area contributed by atoms with Gasteiger partial charge in [0.05, 0.1) is 17.6 Å². The molecule has 2 rings (SSSR count). The molecule has 0 radical (unpaired) electrons. The van der Waals surface area contributed by atoms with Gasteiger partial charge in [0, 0.05) is 9.37 Å². The van der Waals surface area contributed by atoms with Crippen molar-refractivity contribution in [2.24, 2.45) is 0 Å². The van der Waals surface area contributed by atoms with E-state index in [2.05, 4.69) is 15.9 Å². The monoisotopic (exact) mass is 296 g/mol. The van der Waals surface area contributed by atoms with E-state index >= 15 is 0 Å². The molecule has 0 aliphatic heterocycles. The van der Waals surface area contributed by atoms with Gasteiger partial charge in [0.25, 0.3) is 0 Å². The first-order chi connectivity index (χ1) is 7.77. The molecule has 0 fully saturated rings. The predicted molar refractivity (Wildman–Crippen MR) is 67.9 cm³/mol. The van der Waals surface area contributed by atoms with Crippen molar-refractivity contribution in [1.29, 1.82) is 0 Å². The molecule has 0 aliphatic rings. The summed E-state index contributed by atoms with van der Waals surface area (Å²) in [5.74, 6) is 0.497. The summed E-state index contributed by atoms with van der Waals surface area (Å²) in [5.41, 5.74) is 0.625. The molecule has 0 atom stereocenters. The fraction of sp³-hybridized carbons (Fsp3) is 0.0833. The fourth-order valence-electron chi connectivity index (χ4n) is 1.21. The van der Waals surface area contributed by atoms with Gasteiger partial charge in [-0.15, -0.1) is 11.8 Å². The van der Waals surface area contributed by atoms with Crippen molar-refractivity contribution in [1.82, 2.24) is 0 Å². The number of hydrogen-bond donors (Lipinski definition) is 0. The van der Waals surface area contributed by atoms with Crippen LogP contribution in [0, 0.1) is 0 Å². The van der Waals surface area contributed by atoms with Gasteiger partial charge in [0.2, 0.25) is 0 Å². The van der Waals surface area contributed by atoms with Crippen LogP contribution >= 0.6 is 27.7 Å². The summed E-state index contributed by atoms with van der Waals surface area (Å²) in [6.07, 6.45) is 2.99. The Labute approximate surface area is 106 Å². The van der Waals surface area contributed by atoms with Crippen LogP contribution in [0.3, 0.4) is 0 Å². The molecular weight excluding hydrogens is 288 g/mol. The molecular formula is C12H9BrO2S. The van der Waals surface area contributed by atoms with E-state index in [-0.39, 0.29) is 5.78 Å². The first kappa shape index (κ1) is 11.5. The minimum absolute atomic E-state index is 0.0782. The molecule has 0 bridgehead atoms. The standard InChI is InChI=1S/C12H9BrO2S/c13-10-3-1-2-4-12(10)16-8-11(14)9-5-6-15-7-9/h1-7H,8H2. The summed E-state index contributed by atoms with van der Waals surface area (Å²) in [6, 6.07) is 9.53. The normalized spacial score (nSPS) is 10.3. The number of Topliss-reactive ketones (excluding diaryl/α,β-unsaturated/α-hetero) is 1. The number of hydrogen-bond acceptors (Lipinski definition) is 3. The highest BCUT2D eigenvalue weighted by atomic mass is 79.9. The van der Waals surface area contributed by atoms with Gasteiger partial charge in [0.1, 0.15) is 6.26 Å². The maximum atomic E-state index is 11.7. The highest BCUT2D eigenvalue weighted by Gasteiger charge is 2.08. The van der Waals surface area contributed by atoms with Crippen molar-refractivity contribution in [2.45, 2.75) is 4.90 Å². The summed E-state index contributed by atoms with van der Waals surface area (Å²) in [4.78, 5) is 12.8. The van der Waals surface area contributed by atoms with Crippen molar-refractivity contribution in [3.05, 3.63) is 52.9 Å². The zero-order valence-corrected chi connectivity index (χ0v) is 10.8. The minimum atomic E-state index is 0.0782. The van der Waals surface area contributed by atoms with E-state index in [1.54, 1.807) is 6.07 Å². The molecule has 0 amide bonds. The maximum Gasteiger partial charge on any atom is 0.176 e. The average molecular weight is 297 g/mol. The van der Waals surface area contributed by atoms with Crippen LogP contribution in [0.15, 0.2) is 56.6 Å². The van der Waals surface area contributed by atoms with Crippen LogP contribution in [0.4, 0.5) is 0 Å². The molecule has 2 aromatic rings. The second kappa shape index (κ2) is 5.37. The molecule has 0 saturated heterocycles. The Morgan fingerprint density at radius 3 is 2.81 bits per heavy atom. The van der Waals surface area contributed by atoms with Gasteiger partial charge in [-0.3, -0.25) is 4.79 Å². The fourth-order valence-corrected chi connectivity index (χ4v) is 2.67. The van der Waals surface area contributed by atoms with Crippen LogP contribution in [0.1, 0.15) is 10.4 Å². The Kier molecular flexibility index (Phi) is 3.85. The third-order valence-electron chi connectivity index (χ3n) is 2.04. The van der Waals surface area contributed by atoms with Crippen LogP contribution in [-0.2, 0) is 0 Å². The topological polar surface area (TPSA) is 30.2 Å². The van der Waals surface area contributed by atoms with Gasteiger partial charge >= 0.3 is 0 Å². The molecule has 82 valence electrons. The summed E-state index contributed by atoms with van der Waals surface area (Å²) in [6.45, 7) is 0. The number of carbonyl (C=O) groups excluding carboxylic acids is 1. The Morgan fingerprint density at radius 1 is 1.31 bits per heavy atom. The SMILES string of the molecule is O=C(CSc1ccccc1Br)c1ccoc1. The van der Waals surface area contributed by atoms with Crippen molar-refractivity contribution in [3.8, 4) is 0 Å². The number of thioether (sulfide) groups is 1. The van der Waals surface area contributed by atoms with Gasteiger partial charge in [-0.25, -0.2) is 0 Å². The van der Waals surface area contributed by atoms with E-state index in [1.807, 2.05) is 24.3 Å². The Bertz CT molecular complexity index is 480. The molecule has 2 nitrogen and oxygen atoms in total. The molecule has 4 heteroatoms. The Balaban J connectivity index is 1.98. The molecule has 1 aromatic heterocycles. The quantitative estimate of drug-likeness (QED) is 0.631. The van der Waals surface area contributed by atoms with E-state index < -0.39 is 0 Å². The lowest BCUT2D eigenvalue weighted by atomic mass is 10.2. The number of rotatable bonds is 4. The third kappa shape index (κ3) is 2.77. The highest BCUT2D eigenvalue weighted by molar-refractivity contribution is 9.10. The van der Waals surface area contributed by atoms with Gasteiger partial charge in [0.15, 0.2) is 5.78 Å². The second-order valence-corrected chi connectivity index (χ2v) is 5.03. The van der Waals surface area contributed by atoms with E-state index in [0.717, 1.165) is 9.37 Å². The van der Waals surface area contributed by atoms with Crippen LogP contribution in [0.2, 0.25) is 0 Å². The van der Waals surface area contributed by atoms with E-state index in [4.69, 9.17) is 4.42 Å². The number of benzene rings is 1. The highest BCUT2D eigenvalue weighted by Crippen LogP contribution is 2.27. The Morgan fingerprint density at radius 2 is 2.12 bits per heavy atom. The van der Waals surface area contributed by atoms with E-state index in [0.29, 0.717) is 11.3 Å². The molecule has 16 heavy (non-hydrogen) atoms. The van der Waals surface area contributed by atoms with Crippen LogP contribution < -0.4 is 0 Å². The molecule has 0 N–H and O–H groups in total. The van der Waals surface area contributed by atoms with Crippen molar-refractivity contribution in [2.75, 3.05) is 5.75 Å². The van der Waals surface area contributed by atoms with Crippen molar-refractivity contribution >= 4 is 33.5 Å². The number of ketones is 1. The van der Waals surface area contributed by atoms with Crippen LogP contribution in [0.5, 0.6) is 0 Å². The van der Waals surface area contributed by atoms with Crippen molar-refractivity contribution < 1.29 is 9.21 Å². The molecule has 0 spiro atoms. The largest absolute Gasteiger partial charge is 0.472 e. The summed E-state index contributed by atoms with van der Waals surface area (Å²) >= 11 is 4.96. The van der Waals surface area contributed by atoms with Crippen LogP contribution in [-0.4, -0.2) is 11.5 Å². The van der Waals surface area contributed by atoms with Gasteiger partial charge in [-0.05, 0) is 34.1 Å². The Hall–Kier alpha value is -1.00. The lowest BCUT2D eigenvalue weighted by molar-refractivity contribution is 0.102. The predicted octanol–water partition coefficient (Wildman–Crippen LogP) is 4.02. The lowest BCUT2D eigenvalue weighted by Crippen LogP contribution is -2.00. The molecule has 0 unspecified atom stereocenters. The first-order valence-corrected chi connectivity index (χ1v) is 6.48. The van der Waals surface area contributed by atoms with E-state index in [1.165, 1.54) is 24.3 Å². The number of halogens is 1. The minimum Gasteiger partial charge on any atom is -0.472 e. The smallest absolute Gasteiger partial charge is 0.176 e. The second-order valence-electron chi connectivity index (χ2n) is 3.15. The van der Waals surface area contributed by atoms with Crippen molar-refractivity contribution in [3.63, 3.8) is 0 Å². The zero-order chi connectivity index (χ0) is 11.4. The number of furan rings is 1. The molecule has 1 aromatic carbocycles. The summed E-state index contributed by atoms with van der Waals surface area (Å²) in [5, 5.41) is 0.